The van der Waals surface area contributed by atoms with E-state index in [0.29, 0.717) is 0 Å². The first-order valence-corrected chi connectivity index (χ1v) is 9.85. The highest BCUT2D eigenvalue weighted by Crippen LogP contribution is 2.41. The largest absolute Gasteiger partial charge is 0.507 e. The lowest BCUT2D eigenvalue weighted by Crippen LogP contribution is -2.17. The normalized spacial score (nSPS) is 12.0. The average Bonchev–Trinajstić information content (AvgIpc) is 2.52. The second-order valence-electron chi connectivity index (χ2n) is 7.20. The molecule has 0 atom stereocenters. The van der Waals surface area contributed by atoms with Crippen LogP contribution in [0.3, 0.4) is 0 Å². The van der Waals surface area contributed by atoms with E-state index in [1.165, 1.54) is 13.0 Å². The molecule has 2 rings (SSSR count). The summed E-state index contributed by atoms with van der Waals surface area (Å²) in [6, 6.07) is 4.15. The first kappa shape index (κ1) is 21.6. The predicted molar refractivity (Wildman–Crippen MR) is 102 cm³/mol. The summed E-state index contributed by atoms with van der Waals surface area (Å²) in [6.45, 7) is 6.28. The number of carboxylic acid groups (broad SMARTS) is 1. The lowest BCUT2D eigenvalue weighted by atomic mass is 9.84. The molecule has 2 aromatic carbocycles. The fourth-order valence-electron chi connectivity index (χ4n) is 2.79. The summed E-state index contributed by atoms with van der Waals surface area (Å²) in [5, 5.41) is 30.7. The van der Waals surface area contributed by atoms with Gasteiger partial charge in [-0.25, -0.2) is 13.2 Å². The number of aromatic carboxylic acids is 1. The molecule has 0 saturated heterocycles. The van der Waals surface area contributed by atoms with Gasteiger partial charge in [0, 0.05) is 17.7 Å². The molecule has 150 valence electrons. The van der Waals surface area contributed by atoms with Crippen molar-refractivity contribution in [1.29, 1.82) is 0 Å². The first-order chi connectivity index (χ1) is 12.7. The number of aromatic hydroxyl groups is 1. The maximum absolute atomic E-state index is 13.2. The zero-order valence-electron chi connectivity index (χ0n) is 15.5. The highest BCUT2D eigenvalue weighted by Gasteiger charge is 2.33. The van der Waals surface area contributed by atoms with Gasteiger partial charge in [0.25, 0.3) is 5.69 Å². The van der Waals surface area contributed by atoms with Crippen molar-refractivity contribution in [3.05, 3.63) is 56.1 Å². The van der Waals surface area contributed by atoms with Crippen molar-refractivity contribution in [1.82, 2.24) is 0 Å². The van der Waals surface area contributed by atoms with Gasteiger partial charge in [-0.15, -0.1) is 0 Å². The third-order valence-corrected chi connectivity index (χ3v) is 6.60. The number of hydrogen-bond donors (Lipinski definition) is 2. The van der Waals surface area contributed by atoms with Gasteiger partial charge in [-0.2, -0.15) is 0 Å². The average molecular weight is 428 g/mol. The minimum atomic E-state index is -4.42. The zero-order valence-corrected chi connectivity index (χ0v) is 17.1. The Labute approximate surface area is 166 Å². The fraction of sp³-hybridized carbons (Fsp3) is 0.278. The Morgan fingerprint density at radius 1 is 1.18 bits per heavy atom. The van der Waals surface area contributed by atoms with Crippen LogP contribution in [0.4, 0.5) is 5.69 Å². The van der Waals surface area contributed by atoms with Crippen LogP contribution in [-0.2, 0) is 15.3 Å². The third kappa shape index (κ3) is 3.67. The van der Waals surface area contributed by atoms with E-state index < -0.39 is 52.9 Å². The molecule has 0 fully saturated rings. The molecule has 2 aromatic rings. The lowest BCUT2D eigenvalue weighted by Gasteiger charge is -2.24. The van der Waals surface area contributed by atoms with Crippen molar-refractivity contribution in [2.75, 3.05) is 0 Å². The summed E-state index contributed by atoms with van der Waals surface area (Å²) in [4.78, 5) is 21.0. The molecule has 0 spiro atoms. The Hall–Kier alpha value is -2.65. The number of carboxylic acids is 1. The van der Waals surface area contributed by atoms with Gasteiger partial charge in [-0.05, 0) is 30.0 Å². The molecule has 0 aromatic heterocycles. The van der Waals surface area contributed by atoms with Crippen molar-refractivity contribution in [3.8, 4) is 5.75 Å². The zero-order chi connectivity index (χ0) is 21.6. The number of halogens is 1. The number of sulfone groups is 1. The van der Waals surface area contributed by atoms with Crippen LogP contribution < -0.4 is 0 Å². The van der Waals surface area contributed by atoms with E-state index in [4.69, 9.17) is 11.6 Å². The molecule has 0 amide bonds. The molecule has 0 radical (unpaired) electrons. The molecule has 0 aliphatic heterocycles. The number of benzene rings is 2. The van der Waals surface area contributed by atoms with Gasteiger partial charge in [0.05, 0.1) is 19.7 Å². The molecule has 0 heterocycles. The molecular formula is C18H18ClNO7S. The van der Waals surface area contributed by atoms with Crippen molar-refractivity contribution >= 4 is 33.1 Å². The van der Waals surface area contributed by atoms with Gasteiger partial charge in [-0.3, -0.25) is 10.1 Å². The molecule has 0 bridgehead atoms. The summed E-state index contributed by atoms with van der Waals surface area (Å²) >= 11 is 5.98. The third-order valence-electron chi connectivity index (χ3n) is 4.24. The highest BCUT2D eigenvalue weighted by atomic mass is 35.5. The standard InChI is InChI=1S/C18H18ClNO7S/c1-9-13(8-11(18(2,3)4)16(21)15(9)17(22)23)28(26,27)14-7-10(20(24)25)5-6-12(14)19/h5-8,21H,1-4H3,(H,22,23). The van der Waals surface area contributed by atoms with Crippen LogP contribution >= 0.6 is 11.6 Å². The van der Waals surface area contributed by atoms with Gasteiger partial charge in [0.1, 0.15) is 11.3 Å². The number of nitrogens with zero attached hydrogens (tertiary/aromatic N) is 1. The molecule has 0 saturated carbocycles. The first-order valence-electron chi connectivity index (χ1n) is 7.99. The van der Waals surface area contributed by atoms with Crippen LogP contribution in [0.15, 0.2) is 34.1 Å². The van der Waals surface area contributed by atoms with Crippen LogP contribution in [0, 0.1) is 17.0 Å². The van der Waals surface area contributed by atoms with E-state index in [0.717, 1.165) is 18.2 Å². The molecule has 10 heteroatoms. The summed E-state index contributed by atoms with van der Waals surface area (Å²) < 4.78 is 26.5. The highest BCUT2D eigenvalue weighted by molar-refractivity contribution is 7.91. The van der Waals surface area contributed by atoms with E-state index >= 15 is 0 Å². The van der Waals surface area contributed by atoms with Gasteiger partial charge in [-0.1, -0.05) is 32.4 Å². The molecule has 28 heavy (non-hydrogen) atoms. The number of non-ortho nitro benzene ring substituents is 1. The van der Waals surface area contributed by atoms with E-state index in [1.54, 1.807) is 20.8 Å². The van der Waals surface area contributed by atoms with Crippen LogP contribution in [-0.4, -0.2) is 29.5 Å². The second-order valence-corrected chi connectivity index (χ2v) is 9.50. The van der Waals surface area contributed by atoms with E-state index in [1.807, 2.05) is 0 Å². The van der Waals surface area contributed by atoms with E-state index in [-0.39, 0.29) is 16.1 Å². The number of carbonyl (C=O) groups is 1. The fourth-order valence-corrected chi connectivity index (χ4v) is 4.82. The van der Waals surface area contributed by atoms with Crippen LogP contribution in [0.25, 0.3) is 0 Å². The van der Waals surface area contributed by atoms with Crippen molar-refractivity contribution < 1.29 is 28.3 Å². The molecule has 0 aliphatic carbocycles. The Balaban J connectivity index is 2.95. The summed E-state index contributed by atoms with van der Waals surface area (Å²) in [6.07, 6.45) is 0. The van der Waals surface area contributed by atoms with Crippen LogP contribution in [0.5, 0.6) is 5.75 Å². The maximum Gasteiger partial charge on any atom is 0.339 e. The number of nitro benzene ring substituents is 1. The summed E-state index contributed by atoms with van der Waals surface area (Å²) in [7, 11) is -4.42. The van der Waals surface area contributed by atoms with E-state index in [9.17, 15) is 33.5 Å². The Kier molecular flexibility index (Phi) is 5.46. The monoisotopic (exact) mass is 427 g/mol. The second kappa shape index (κ2) is 7.06. The minimum Gasteiger partial charge on any atom is -0.507 e. The number of nitro groups is 1. The van der Waals surface area contributed by atoms with Crippen molar-refractivity contribution in [2.24, 2.45) is 0 Å². The molecule has 0 aliphatic rings. The number of phenols is 1. The topological polar surface area (TPSA) is 135 Å². The van der Waals surface area contributed by atoms with Gasteiger partial charge in [0.15, 0.2) is 0 Å². The van der Waals surface area contributed by atoms with Crippen molar-refractivity contribution in [2.45, 2.75) is 42.9 Å². The lowest BCUT2D eigenvalue weighted by molar-refractivity contribution is -0.385. The number of hydrogen-bond acceptors (Lipinski definition) is 6. The Morgan fingerprint density at radius 3 is 2.21 bits per heavy atom. The smallest absolute Gasteiger partial charge is 0.339 e. The Morgan fingerprint density at radius 2 is 1.75 bits per heavy atom. The molecule has 2 N–H and O–H groups in total. The predicted octanol–water partition coefficient (Wildman–Crippen LogP) is 4.09. The summed E-state index contributed by atoms with van der Waals surface area (Å²) in [5.74, 6) is -2.02. The molecule has 8 nitrogen and oxygen atoms in total. The van der Waals surface area contributed by atoms with Crippen LogP contribution in [0.1, 0.15) is 42.3 Å². The van der Waals surface area contributed by atoms with Gasteiger partial charge in [0.2, 0.25) is 9.84 Å². The quantitative estimate of drug-likeness (QED) is 0.554. The summed E-state index contributed by atoms with van der Waals surface area (Å²) in [5.41, 5.74) is -1.89. The van der Waals surface area contributed by atoms with Gasteiger partial charge >= 0.3 is 5.97 Å². The van der Waals surface area contributed by atoms with Gasteiger partial charge < -0.3 is 10.2 Å². The molecular weight excluding hydrogens is 410 g/mol. The number of rotatable bonds is 4. The van der Waals surface area contributed by atoms with Crippen molar-refractivity contribution in [3.63, 3.8) is 0 Å². The Bertz CT molecular complexity index is 1100. The molecule has 0 unspecified atom stereocenters. The van der Waals surface area contributed by atoms with E-state index in [2.05, 4.69) is 0 Å². The van der Waals surface area contributed by atoms with Crippen LogP contribution in [0.2, 0.25) is 5.02 Å². The SMILES string of the molecule is Cc1c(S(=O)(=O)c2cc([N+](=O)[O-])ccc2Cl)cc(C(C)(C)C)c(O)c1C(=O)O. The maximum atomic E-state index is 13.2. The minimum absolute atomic E-state index is 0.107.